The van der Waals surface area contributed by atoms with Gasteiger partial charge < -0.3 is 15.4 Å². The number of hydrogen-bond acceptors (Lipinski definition) is 8. The van der Waals surface area contributed by atoms with Crippen molar-refractivity contribution >= 4 is 28.4 Å². The van der Waals surface area contributed by atoms with Gasteiger partial charge in [-0.2, -0.15) is 4.98 Å². The van der Waals surface area contributed by atoms with Gasteiger partial charge >= 0.3 is 0 Å². The number of amides is 1. The zero-order valence-electron chi connectivity index (χ0n) is 17.6. The second-order valence-electron chi connectivity index (χ2n) is 7.50. The van der Waals surface area contributed by atoms with E-state index in [1.54, 1.807) is 10.7 Å². The first-order chi connectivity index (χ1) is 15.8. The van der Waals surface area contributed by atoms with Crippen LogP contribution in [-0.2, 0) is 11.3 Å². The lowest BCUT2D eigenvalue weighted by Gasteiger charge is -2.26. The second kappa shape index (κ2) is 9.25. The highest BCUT2D eigenvalue weighted by Gasteiger charge is 2.18. The average Bonchev–Trinajstić information content (AvgIpc) is 3.30. The van der Waals surface area contributed by atoms with Crippen molar-refractivity contribution in [3.05, 3.63) is 60.2 Å². The molecule has 0 saturated carbocycles. The number of anilines is 1. The van der Waals surface area contributed by atoms with Crippen LogP contribution < -0.4 is 10.6 Å². The number of carbonyl (C=O) groups is 1. The van der Waals surface area contributed by atoms with Gasteiger partial charge in [0, 0.05) is 32.4 Å². The van der Waals surface area contributed by atoms with E-state index >= 15 is 0 Å². The molecule has 1 saturated heterocycles. The quantitative estimate of drug-likeness (QED) is 0.450. The van der Waals surface area contributed by atoms with Crippen molar-refractivity contribution in [1.82, 2.24) is 34.8 Å². The van der Waals surface area contributed by atoms with E-state index < -0.39 is 0 Å². The van der Waals surface area contributed by atoms with Crippen LogP contribution in [0.15, 0.2) is 48.7 Å². The Morgan fingerprint density at radius 2 is 1.91 bits per heavy atom. The van der Waals surface area contributed by atoms with Gasteiger partial charge in [0.25, 0.3) is 5.91 Å². The van der Waals surface area contributed by atoms with E-state index in [-0.39, 0.29) is 11.7 Å². The van der Waals surface area contributed by atoms with Gasteiger partial charge in [0.1, 0.15) is 0 Å². The predicted molar refractivity (Wildman–Crippen MR) is 119 cm³/mol. The van der Waals surface area contributed by atoms with E-state index in [0.717, 1.165) is 49.6 Å². The number of nitrogens with zero attached hydrogens (tertiary/aromatic N) is 6. The highest BCUT2D eigenvalue weighted by molar-refractivity contribution is 5.92. The van der Waals surface area contributed by atoms with Crippen molar-refractivity contribution < 1.29 is 9.53 Å². The molecule has 0 atom stereocenters. The molecule has 1 amide bonds. The fourth-order valence-electron chi connectivity index (χ4n) is 3.66. The molecular weight excluding hydrogens is 408 g/mol. The minimum atomic E-state index is -0.304. The molecule has 2 N–H and O–H groups in total. The van der Waals surface area contributed by atoms with E-state index in [1.807, 2.05) is 42.5 Å². The normalized spacial score (nSPS) is 14.6. The third kappa shape index (κ3) is 4.36. The number of pyridine rings is 1. The maximum absolute atomic E-state index is 12.7. The van der Waals surface area contributed by atoms with Crippen molar-refractivity contribution in [2.75, 3.05) is 44.7 Å². The molecule has 1 aliphatic rings. The Balaban J connectivity index is 1.38. The van der Waals surface area contributed by atoms with Gasteiger partial charge in [-0.05, 0) is 24.3 Å². The van der Waals surface area contributed by atoms with Gasteiger partial charge in [-0.15, -0.1) is 5.10 Å². The number of rotatable bonds is 7. The Morgan fingerprint density at radius 3 is 2.75 bits per heavy atom. The maximum Gasteiger partial charge on any atom is 0.291 e. The van der Waals surface area contributed by atoms with Crippen LogP contribution in [0.25, 0.3) is 16.7 Å². The van der Waals surface area contributed by atoms with Crippen LogP contribution in [0.2, 0.25) is 0 Å². The molecule has 1 aromatic carbocycles. The van der Waals surface area contributed by atoms with Gasteiger partial charge in [-0.3, -0.25) is 14.7 Å². The van der Waals surface area contributed by atoms with E-state index in [2.05, 4.69) is 30.6 Å². The minimum absolute atomic E-state index is 0.117. The lowest BCUT2D eigenvalue weighted by atomic mass is 10.3. The highest BCUT2D eigenvalue weighted by atomic mass is 16.5. The summed E-state index contributed by atoms with van der Waals surface area (Å²) in [5, 5.41) is 10.7. The first kappa shape index (κ1) is 20.3. The van der Waals surface area contributed by atoms with Gasteiger partial charge in [0.15, 0.2) is 11.5 Å². The summed E-state index contributed by atoms with van der Waals surface area (Å²) in [6.45, 7) is 5.00. The maximum atomic E-state index is 12.7. The fraction of sp³-hybridized carbons (Fsp3) is 0.318. The van der Waals surface area contributed by atoms with Crippen LogP contribution >= 0.6 is 0 Å². The Bertz CT molecular complexity index is 1220. The SMILES string of the molecule is O=C(NCCN1CCOCC1)c1nc2c(NCc3ccccn3)nc3ccccc3n2n1. The molecule has 164 valence electrons. The van der Waals surface area contributed by atoms with E-state index in [9.17, 15) is 4.79 Å². The highest BCUT2D eigenvalue weighted by Crippen LogP contribution is 2.20. The molecule has 4 heterocycles. The van der Waals surface area contributed by atoms with E-state index in [0.29, 0.717) is 24.6 Å². The van der Waals surface area contributed by atoms with Gasteiger partial charge in [0.05, 0.1) is 36.5 Å². The number of hydrogen-bond donors (Lipinski definition) is 2. The summed E-state index contributed by atoms with van der Waals surface area (Å²) in [6.07, 6.45) is 1.75. The van der Waals surface area contributed by atoms with Crippen molar-refractivity contribution in [3.8, 4) is 0 Å². The van der Waals surface area contributed by atoms with Crippen LogP contribution in [0.4, 0.5) is 5.82 Å². The molecule has 0 spiro atoms. The number of benzene rings is 1. The number of morpholine rings is 1. The molecule has 1 fully saturated rings. The zero-order valence-corrected chi connectivity index (χ0v) is 17.6. The largest absolute Gasteiger partial charge is 0.379 e. The van der Waals surface area contributed by atoms with Crippen LogP contribution in [0.5, 0.6) is 0 Å². The minimum Gasteiger partial charge on any atom is -0.379 e. The lowest BCUT2D eigenvalue weighted by molar-refractivity contribution is 0.0383. The molecule has 1 aliphatic heterocycles. The zero-order chi connectivity index (χ0) is 21.8. The van der Waals surface area contributed by atoms with Gasteiger partial charge in [-0.25, -0.2) is 9.50 Å². The number of para-hydroxylation sites is 2. The Labute approximate surface area is 184 Å². The standard InChI is InChI=1S/C22H24N8O2/c31-22(24-9-10-29-11-13-32-14-12-29)20-27-21-19(25-15-16-5-3-4-8-23-16)26-17-6-1-2-7-18(17)30(21)28-20/h1-8H,9-15H2,(H,24,31)(H,25,26). The summed E-state index contributed by atoms with van der Waals surface area (Å²) in [6, 6.07) is 13.4. The summed E-state index contributed by atoms with van der Waals surface area (Å²) in [5.74, 6) is 0.363. The van der Waals surface area contributed by atoms with Crippen LogP contribution in [-0.4, -0.2) is 74.8 Å². The van der Waals surface area contributed by atoms with Crippen molar-refractivity contribution in [3.63, 3.8) is 0 Å². The second-order valence-corrected chi connectivity index (χ2v) is 7.50. The summed E-state index contributed by atoms with van der Waals surface area (Å²) in [5.41, 5.74) is 2.91. The smallest absolute Gasteiger partial charge is 0.291 e. The van der Waals surface area contributed by atoms with E-state index in [1.165, 1.54) is 0 Å². The summed E-state index contributed by atoms with van der Waals surface area (Å²) < 4.78 is 7.02. The number of fused-ring (bicyclic) bond motifs is 3. The van der Waals surface area contributed by atoms with Crippen molar-refractivity contribution in [2.45, 2.75) is 6.54 Å². The molecule has 0 bridgehead atoms. The van der Waals surface area contributed by atoms with Crippen molar-refractivity contribution in [2.24, 2.45) is 0 Å². The Hall–Kier alpha value is -3.63. The molecule has 10 heteroatoms. The average molecular weight is 432 g/mol. The van der Waals surface area contributed by atoms with E-state index in [4.69, 9.17) is 9.72 Å². The molecule has 3 aromatic heterocycles. The number of carbonyl (C=O) groups excluding carboxylic acids is 1. The van der Waals surface area contributed by atoms with Gasteiger partial charge in [0.2, 0.25) is 5.82 Å². The third-order valence-corrected chi connectivity index (χ3v) is 5.34. The van der Waals surface area contributed by atoms with Crippen LogP contribution in [0, 0.1) is 0 Å². The summed E-state index contributed by atoms with van der Waals surface area (Å²) in [4.78, 5) is 28.5. The first-order valence-corrected chi connectivity index (χ1v) is 10.7. The Kier molecular flexibility index (Phi) is 5.86. The molecule has 0 unspecified atom stereocenters. The fourth-order valence-corrected chi connectivity index (χ4v) is 3.66. The predicted octanol–water partition coefficient (Wildman–Crippen LogP) is 1.35. The molecule has 4 aromatic rings. The molecule has 10 nitrogen and oxygen atoms in total. The lowest BCUT2D eigenvalue weighted by Crippen LogP contribution is -2.41. The first-order valence-electron chi connectivity index (χ1n) is 10.7. The third-order valence-electron chi connectivity index (χ3n) is 5.34. The summed E-state index contributed by atoms with van der Waals surface area (Å²) >= 11 is 0. The molecule has 32 heavy (non-hydrogen) atoms. The van der Waals surface area contributed by atoms with Crippen LogP contribution in [0.3, 0.4) is 0 Å². The molecule has 0 aliphatic carbocycles. The van der Waals surface area contributed by atoms with Crippen LogP contribution in [0.1, 0.15) is 16.3 Å². The monoisotopic (exact) mass is 432 g/mol. The summed E-state index contributed by atoms with van der Waals surface area (Å²) in [7, 11) is 0. The van der Waals surface area contributed by atoms with Crippen molar-refractivity contribution in [1.29, 1.82) is 0 Å². The number of aromatic nitrogens is 5. The number of ether oxygens (including phenoxy) is 1. The molecular formula is C22H24N8O2. The number of nitrogens with one attached hydrogen (secondary N) is 2. The van der Waals surface area contributed by atoms with Gasteiger partial charge in [-0.1, -0.05) is 18.2 Å². The molecule has 0 radical (unpaired) electrons. The Morgan fingerprint density at radius 1 is 1.06 bits per heavy atom. The molecule has 5 rings (SSSR count). The topological polar surface area (TPSA) is 110 Å².